The summed E-state index contributed by atoms with van der Waals surface area (Å²) in [5, 5.41) is 12.1. The Labute approximate surface area is 109 Å². The van der Waals surface area contributed by atoms with Crippen molar-refractivity contribution in [3.63, 3.8) is 0 Å². The summed E-state index contributed by atoms with van der Waals surface area (Å²) in [6.45, 7) is 7.47. The summed E-state index contributed by atoms with van der Waals surface area (Å²) in [5.74, 6) is -0.266. The molecule has 1 aliphatic heterocycles. The third kappa shape index (κ3) is 6.33. The Kier molecular flexibility index (Phi) is 7.23. The molecule has 0 bridgehead atoms. The van der Waals surface area contributed by atoms with Crippen molar-refractivity contribution in [3.8, 4) is 0 Å². The molecule has 106 valence electrons. The van der Waals surface area contributed by atoms with Crippen LogP contribution in [-0.2, 0) is 14.3 Å². The second kappa shape index (κ2) is 8.45. The molecule has 5 nitrogen and oxygen atoms in total. The van der Waals surface area contributed by atoms with Crippen molar-refractivity contribution in [2.24, 2.45) is 5.92 Å². The second-order valence-electron chi connectivity index (χ2n) is 5.19. The van der Waals surface area contributed by atoms with E-state index in [0.717, 1.165) is 39.1 Å². The highest BCUT2D eigenvalue weighted by Gasteiger charge is 2.29. The van der Waals surface area contributed by atoms with Gasteiger partial charge in [-0.2, -0.15) is 0 Å². The molecule has 0 radical (unpaired) electrons. The van der Waals surface area contributed by atoms with Crippen LogP contribution in [0.15, 0.2) is 0 Å². The Morgan fingerprint density at radius 3 is 2.89 bits per heavy atom. The van der Waals surface area contributed by atoms with Gasteiger partial charge in [-0.1, -0.05) is 13.8 Å². The zero-order chi connectivity index (χ0) is 13.4. The zero-order valence-electron chi connectivity index (χ0n) is 11.4. The van der Waals surface area contributed by atoms with Gasteiger partial charge in [0.05, 0.1) is 6.10 Å². The third-order valence-electron chi connectivity index (χ3n) is 2.85. The molecule has 2 N–H and O–H groups in total. The van der Waals surface area contributed by atoms with Crippen molar-refractivity contribution in [1.29, 1.82) is 0 Å². The molecule has 0 aromatic heterocycles. The highest BCUT2D eigenvalue weighted by Crippen LogP contribution is 2.19. The maximum Gasteiger partial charge on any atom is 0.332 e. The molecule has 2 atom stereocenters. The predicted molar refractivity (Wildman–Crippen MR) is 68.7 cm³/mol. The summed E-state index contributed by atoms with van der Waals surface area (Å²) in [6, 6.07) is 0. The Morgan fingerprint density at radius 1 is 1.50 bits per heavy atom. The lowest BCUT2D eigenvalue weighted by Crippen LogP contribution is -2.29. The van der Waals surface area contributed by atoms with Gasteiger partial charge >= 0.3 is 5.97 Å². The molecule has 1 fully saturated rings. The highest BCUT2D eigenvalue weighted by atomic mass is 16.5. The summed E-state index contributed by atoms with van der Waals surface area (Å²) in [6.07, 6.45) is 1.86. The van der Waals surface area contributed by atoms with Crippen LogP contribution >= 0.6 is 0 Å². The SMILES string of the molecule is CC(C)COCCCNCC1CCC(C(=O)O)O1. The minimum atomic E-state index is -0.848. The summed E-state index contributed by atoms with van der Waals surface area (Å²) in [7, 11) is 0. The smallest absolute Gasteiger partial charge is 0.332 e. The first-order valence-corrected chi connectivity index (χ1v) is 6.76. The standard InChI is InChI=1S/C13H25NO4/c1-10(2)9-17-7-3-6-14-8-11-4-5-12(18-11)13(15)16/h10-12,14H,3-9H2,1-2H3,(H,15,16). The van der Waals surface area contributed by atoms with E-state index < -0.39 is 12.1 Å². The van der Waals surface area contributed by atoms with Crippen molar-refractivity contribution in [2.45, 2.75) is 45.3 Å². The molecule has 2 unspecified atom stereocenters. The number of ether oxygens (including phenoxy) is 2. The van der Waals surface area contributed by atoms with Gasteiger partial charge in [0.1, 0.15) is 0 Å². The van der Waals surface area contributed by atoms with Crippen LogP contribution in [0.3, 0.4) is 0 Å². The van der Waals surface area contributed by atoms with E-state index in [4.69, 9.17) is 14.6 Å². The fourth-order valence-corrected chi connectivity index (χ4v) is 1.92. The molecule has 1 heterocycles. The molecular weight excluding hydrogens is 234 g/mol. The van der Waals surface area contributed by atoms with Crippen LogP contribution in [0.25, 0.3) is 0 Å². The minimum absolute atomic E-state index is 0.0442. The number of aliphatic carboxylic acids is 1. The van der Waals surface area contributed by atoms with Crippen LogP contribution in [0.2, 0.25) is 0 Å². The topological polar surface area (TPSA) is 67.8 Å². The van der Waals surface area contributed by atoms with E-state index in [9.17, 15) is 4.79 Å². The summed E-state index contributed by atoms with van der Waals surface area (Å²) < 4.78 is 10.9. The van der Waals surface area contributed by atoms with E-state index >= 15 is 0 Å². The predicted octanol–water partition coefficient (Wildman–Crippen LogP) is 1.27. The van der Waals surface area contributed by atoms with Crippen LogP contribution in [0.5, 0.6) is 0 Å². The van der Waals surface area contributed by atoms with Gasteiger partial charge in [0.15, 0.2) is 6.10 Å². The quantitative estimate of drug-likeness (QED) is 0.610. The first-order chi connectivity index (χ1) is 8.59. The number of hydrogen-bond donors (Lipinski definition) is 2. The van der Waals surface area contributed by atoms with E-state index in [2.05, 4.69) is 19.2 Å². The number of rotatable bonds is 9. The molecule has 18 heavy (non-hydrogen) atoms. The second-order valence-corrected chi connectivity index (χ2v) is 5.19. The van der Waals surface area contributed by atoms with Crippen molar-refractivity contribution >= 4 is 5.97 Å². The van der Waals surface area contributed by atoms with Gasteiger partial charge in [-0.25, -0.2) is 4.79 Å². The Balaban J connectivity index is 1.91. The first-order valence-electron chi connectivity index (χ1n) is 6.76. The molecule has 0 spiro atoms. The summed E-state index contributed by atoms with van der Waals surface area (Å²) in [5.41, 5.74) is 0. The molecule has 1 saturated heterocycles. The normalized spacial score (nSPS) is 23.7. The van der Waals surface area contributed by atoms with E-state index in [1.54, 1.807) is 0 Å². The largest absolute Gasteiger partial charge is 0.479 e. The van der Waals surface area contributed by atoms with E-state index in [-0.39, 0.29) is 6.10 Å². The molecule has 0 amide bonds. The molecule has 0 aliphatic carbocycles. The third-order valence-corrected chi connectivity index (χ3v) is 2.85. The first kappa shape index (κ1) is 15.4. The summed E-state index contributed by atoms with van der Waals surface area (Å²) >= 11 is 0. The van der Waals surface area contributed by atoms with Gasteiger partial charge in [-0.05, 0) is 31.7 Å². The molecule has 0 aromatic rings. The number of carbonyl (C=O) groups is 1. The number of carboxylic acids is 1. The molecule has 0 saturated carbocycles. The molecule has 1 rings (SSSR count). The zero-order valence-corrected chi connectivity index (χ0v) is 11.4. The lowest BCUT2D eigenvalue weighted by Gasteiger charge is -2.12. The fourth-order valence-electron chi connectivity index (χ4n) is 1.92. The van der Waals surface area contributed by atoms with Crippen LogP contribution in [0.4, 0.5) is 0 Å². The van der Waals surface area contributed by atoms with Crippen LogP contribution in [0.1, 0.15) is 33.1 Å². The van der Waals surface area contributed by atoms with Gasteiger partial charge in [0.25, 0.3) is 0 Å². The van der Waals surface area contributed by atoms with E-state index in [1.165, 1.54) is 0 Å². The van der Waals surface area contributed by atoms with Gasteiger partial charge in [0.2, 0.25) is 0 Å². The van der Waals surface area contributed by atoms with Gasteiger partial charge in [0, 0.05) is 19.8 Å². The molecular formula is C13H25NO4. The van der Waals surface area contributed by atoms with Crippen LogP contribution in [-0.4, -0.2) is 49.6 Å². The van der Waals surface area contributed by atoms with Gasteiger partial charge in [-0.3, -0.25) is 0 Å². The van der Waals surface area contributed by atoms with Crippen molar-refractivity contribution in [2.75, 3.05) is 26.3 Å². The fraction of sp³-hybridized carbons (Fsp3) is 0.923. The van der Waals surface area contributed by atoms with Crippen molar-refractivity contribution in [3.05, 3.63) is 0 Å². The summed E-state index contributed by atoms with van der Waals surface area (Å²) in [4.78, 5) is 10.7. The number of carboxylic acid groups (broad SMARTS) is 1. The monoisotopic (exact) mass is 259 g/mol. The average Bonchev–Trinajstić information content (AvgIpc) is 2.76. The lowest BCUT2D eigenvalue weighted by molar-refractivity contribution is -0.149. The van der Waals surface area contributed by atoms with Crippen molar-refractivity contribution in [1.82, 2.24) is 5.32 Å². The maximum atomic E-state index is 10.7. The van der Waals surface area contributed by atoms with E-state index in [1.807, 2.05) is 0 Å². The Hall–Kier alpha value is -0.650. The molecule has 0 aromatic carbocycles. The highest BCUT2D eigenvalue weighted by molar-refractivity contribution is 5.72. The average molecular weight is 259 g/mol. The van der Waals surface area contributed by atoms with Gasteiger partial charge in [-0.15, -0.1) is 0 Å². The van der Waals surface area contributed by atoms with E-state index in [0.29, 0.717) is 12.3 Å². The number of nitrogens with one attached hydrogen (secondary N) is 1. The molecule has 1 aliphatic rings. The Morgan fingerprint density at radius 2 is 2.28 bits per heavy atom. The van der Waals surface area contributed by atoms with Crippen LogP contribution < -0.4 is 5.32 Å². The van der Waals surface area contributed by atoms with Gasteiger partial charge < -0.3 is 19.9 Å². The minimum Gasteiger partial charge on any atom is -0.479 e. The Bertz CT molecular complexity index is 245. The number of hydrogen-bond acceptors (Lipinski definition) is 4. The van der Waals surface area contributed by atoms with Crippen LogP contribution in [0, 0.1) is 5.92 Å². The molecule has 5 heteroatoms. The van der Waals surface area contributed by atoms with Crippen molar-refractivity contribution < 1.29 is 19.4 Å². The maximum absolute atomic E-state index is 10.7. The lowest BCUT2D eigenvalue weighted by atomic mass is 10.2.